The summed E-state index contributed by atoms with van der Waals surface area (Å²) >= 11 is 7.74. The molecule has 8 heteroatoms. The molecule has 0 aliphatic rings. The SMILES string of the molecule is CCCCCCCCc1cc(-c2nc3cc4oc(-c5cc(CCCCCCCC)c(-c6cc(CCCCCCCC)c(-c7sc(-c8ccccc8)cc7CCCCCCCC)s6)s5)nc4cc3o2)sc1-c1ccccc1. The van der Waals surface area contributed by atoms with Crippen molar-refractivity contribution in [1.82, 2.24) is 9.97 Å². The van der Waals surface area contributed by atoms with Gasteiger partial charge >= 0.3 is 0 Å². The van der Waals surface area contributed by atoms with Gasteiger partial charge in [0.15, 0.2) is 11.2 Å². The first kappa shape index (κ1) is 56.1. The first-order chi connectivity index (χ1) is 37.5. The van der Waals surface area contributed by atoms with Crippen molar-refractivity contribution < 1.29 is 8.83 Å². The first-order valence-electron chi connectivity index (χ1n) is 29.9. The zero-order valence-electron chi connectivity index (χ0n) is 46.4. The molecular formula is C68H84N2O2S4. The van der Waals surface area contributed by atoms with E-state index in [4.69, 9.17) is 18.8 Å². The van der Waals surface area contributed by atoms with Crippen molar-refractivity contribution in [3.05, 3.63) is 119 Å². The van der Waals surface area contributed by atoms with Crippen LogP contribution in [0.5, 0.6) is 0 Å². The number of unbranched alkanes of at least 4 members (excludes halogenated alkanes) is 20. The highest BCUT2D eigenvalue weighted by Crippen LogP contribution is 2.50. The number of rotatable bonds is 34. The normalized spacial score (nSPS) is 11.8. The molecule has 0 aliphatic carbocycles. The molecule has 0 atom stereocenters. The molecular weight excluding hydrogens is 1010 g/mol. The number of thiophene rings is 4. The molecule has 0 fully saturated rings. The van der Waals surface area contributed by atoms with Crippen molar-refractivity contribution in [1.29, 1.82) is 0 Å². The number of aromatic nitrogens is 2. The molecule has 6 aromatic heterocycles. The third-order valence-electron chi connectivity index (χ3n) is 15.3. The Morgan fingerprint density at radius 1 is 0.316 bits per heavy atom. The number of oxazole rings is 2. The quantitative estimate of drug-likeness (QED) is 0.0377. The minimum absolute atomic E-state index is 0.668. The largest absolute Gasteiger partial charge is 0.435 e. The molecule has 0 aliphatic heterocycles. The summed E-state index contributed by atoms with van der Waals surface area (Å²) in [4.78, 5) is 21.0. The van der Waals surface area contributed by atoms with Gasteiger partial charge in [-0.3, -0.25) is 0 Å². The van der Waals surface area contributed by atoms with E-state index in [0.717, 1.165) is 57.6 Å². The Balaban J connectivity index is 1.03. The van der Waals surface area contributed by atoms with E-state index in [0.29, 0.717) is 11.8 Å². The molecule has 9 rings (SSSR count). The topological polar surface area (TPSA) is 52.1 Å². The summed E-state index contributed by atoms with van der Waals surface area (Å²) in [6.07, 6.45) is 35.5. The lowest BCUT2D eigenvalue weighted by Gasteiger charge is -2.06. The van der Waals surface area contributed by atoms with Gasteiger partial charge in [0, 0.05) is 41.4 Å². The minimum atomic E-state index is 0.668. The van der Waals surface area contributed by atoms with E-state index >= 15 is 0 Å². The van der Waals surface area contributed by atoms with Gasteiger partial charge < -0.3 is 8.83 Å². The molecule has 0 N–H and O–H groups in total. The fraction of sp³-hybridized carbons (Fsp3) is 0.471. The summed E-state index contributed by atoms with van der Waals surface area (Å²) in [6.45, 7) is 9.22. The van der Waals surface area contributed by atoms with Crippen molar-refractivity contribution in [2.24, 2.45) is 0 Å². The third kappa shape index (κ3) is 14.9. The van der Waals surface area contributed by atoms with Crippen LogP contribution in [-0.2, 0) is 25.7 Å². The lowest BCUT2D eigenvalue weighted by molar-refractivity contribution is 0.607. The van der Waals surface area contributed by atoms with Gasteiger partial charge in [-0.2, -0.15) is 0 Å². The zero-order valence-corrected chi connectivity index (χ0v) is 49.6. The van der Waals surface area contributed by atoms with Crippen molar-refractivity contribution in [3.8, 4) is 61.9 Å². The highest BCUT2D eigenvalue weighted by Gasteiger charge is 2.24. The van der Waals surface area contributed by atoms with Gasteiger partial charge in [0.1, 0.15) is 11.0 Å². The fourth-order valence-electron chi connectivity index (χ4n) is 10.9. The van der Waals surface area contributed by atoms with Crippen LogP contribution in [0.1, 0.15) is 204 Å². The molecule has 0 radical (unpaired) electrons. The van der Waals surface area contributed by atoms with E-state index in [9.17, 15) is 0 Å². The number of hydrogen-bond donors (Lipinski definition) is 0. The van der Waals surface area contributed by atoms with Gasteiger partial charge in [0.2, 0.25) is 11.8 Å². The van der Waals surface area contributed by atoms with Crippen molar-refractivity contribution in [3.63, 3.8) is 0 Å². The molecule has 0 unspecified atom stereocenters. The van der Waals surface area contributed by atoms with Gasteiger partial charge in [-0.1, -0.05) is 217 Å². The van der Waals surface area contributed by atoms with Crippen LogP contribution in [0.2, 0.25) is 0 Å². The van der Waals surface area contributed by atoms with Gasteiger partial charge in [-0.25, -0.2) is 9.97 Å². The molecule has 0 amide bonds. The fourth-order valence-corrected chi connectivity index (χ4v) is 15.9. The zero-order chi connectivity index (χ0) is 52.3. The van der Waals surface area contributed by atoms with Crippen molar-refractivity contribution in [2.75, 3.05) is 0 Å². The molecule has 4 nitrogen and oxygen atoms in total. The van der Waals surface area contributed by atoms with E-state index in [1.54, 1.807) is 11.3 Å². The number of fused-ring (bicyclic) bond motifs is 2. The second-order valence-electron chi connectivity index (χ2n) is 21.5. The highest BCUT2D eigenvalue weighted by molar-refractivity contribution is 7.28. The Hall–Kier alpha value is -4.60. The Labute approximate surface area is 471 Å². The second-order valence-corrected chi connectivity index (χ2v) is 25.7. The monoisotopic (exact) mass is 1090 g/mol. The van der Waals surface area contributed by atoms with Crippen molar-refractivity contribution in [2.45, 2.75) is 207 Å². The minimum Gasteiger partial charge on any atom is -0.435 e. The van der Waals surface area contributed by atoms with Crippen LogP contribution in [0.15, 0.2) is 106 Å². The summed E-state index contributed by atoms with van der Waals surface area (Å²) in [7, 11) is 0. The summed E-state index contributed by atoms with van der Waals surface area (Å²) in [6, 6.07) is 35.9. The van der Waals surface area contributed by atoms with E-state index < -0.39 is 0 Å². The molecule has 0 saturated carbocycles. The predicted molar refractivity (Wildman–Crippen MR) is 334 cm³/mol. The molecule has 402 valence electrons. The molecule has 3 aromatic carbocycles. The molecule has 6 heterocycles. The Morgan fingerprint density at radius 3 is 1.09 bits per heavy atom. The summed E-state index contributed by atoms with van der Waals surface area (Å²) in [5, 5.41) is 0. The maximum absolute atomic E-state index is 6.76. The highest BCUT2D eigenvalue weighted by atomic mass is 32.1. The van der Waals surface area contributed by atoms with Crippen LogP contribution in [-0.4, -0.2) is 9.97 Å². The number of benzene rings is 3. The summed E-state index contributed by atoms with van der Waals surface area (Å²) in [5.74, 6) is 1.35. The first-order valence-corrected chi connectivity index (χ1v) is 33.1. The van der Waals surface area contributed by atoms with Crippen molar-refractivity contribution >= 4 is 67.5 Å². The molecule has 76 heavy (non-hydrogen) atoms. The van der Waals surface area contributed by atoms with Crippen LogP contribution in [0, 0.1) is 0 Å². The Bertz CT molecular complexity index is 3070. The van der Waals surface area contributed by atoms with Crippen LogP contribution in [0.3, 0.4) is 0 Å². The second kappa shape index (κ2) is 29.4. The predicted octanol–water partition coefficient (Wildman–Crippen LogP) is 23.8. The van der Waals surface area contributed by atoms with Gasteiger partial charge in [-0.15, -0.1) is 45.3 Å². The standard InChI is InChI=1S/C68H84N2O2S4/c1-5-9-13-17-21-27-39-51-45-61(75-63(51)50-37-33-26-34-38-50)67-69-55-47-58-56(48-57(55)71-67)70-68(72-58)62-46-52(40-28-22-18-14-10-6-2)64(76-62)60-44-54(42-30-24-20-16-12-8-4)66(74-60)65-53(41-29-23-19-15-11-7-3)43-59(73-65)49-35-31-25-32-36-49/h25-26,31-38,43-48H,5-24,27-30,39-42H2,1-4H3. The van der Waals surface area contributed by atoms with E-state index in [-0.39, 0.29) is 0 Å². The van der Waals surface area contributed by atoms with Crippen LogP contribution in [0.4, 0.5) is 0 Å². The van der Waals surface area contributed by atoms with E-state index in [2.05, 4.69) is 113 Å². The van der Waals surface area contributed by atoms with E-state index in [1.165, 1.54) is 217 Å². The smallest absolute Gasteiger partial charge is 0.237 e. The van der Waals surface area contributed by atoms with Gasteiger partial charge in [0.25, 0.3) is 0 Å². The summed E-state index contributed by atoms with van der Waals surface area (Å²) in [5.41, 5.74) is 11.6. The average molecular weight is 1090 g/mol. The average Bonchev–Trinajstić information content (AvgIpc) is 4.33. The lowest BCUT2D eigenvalue weighted by Crippen LogP contribution is -1.90. The Kier molecular flexibility index (Phi) is 21.7. The van der Waals surface area contributed by atoms with Crippen LogP contribution >= 0.6 is 45.3 Å². The maximum atomic E-state index is 6.76. The maximum Gasteiger partial charge on any atom is 0.237 e. The van der Waals surface area contributed by atoms with Crippen LogP contribution < -0.4 is 0 Å². The number of aryl methyl sites for hydroxylation is 4. The molecule has 9 aromatic rings. The third-order valence-corrected chi connectivity index (χ3v) is 20.4. The lowest BCUT2D eigenvalue weighted by atomic mass is 10.0. The molecule has 0 bridgehead atoms. The number of nitrogens with zero attached hydrogens (tertiary/aromatic N) is 2. The number of hydrogen-bond acceptors (Lipinski definition) is 8. The van der Waals surface area contributed by atoms with Crippen LogP contribution in [0.25, 0.3) is 84.1 Å². The summed E-state index contributed by atoms with van der Waals surface area (Å²) < 4.78 is 13.4. The Morgan fingerprint density at radius 2 is 0.645 bits per heavy atom. The molecule has 0 saturated heterocycles. The molecule has 0 spiro atoms. The van der Waals surface area contributed by atoms with Gasteiger partial charge in [-0.05, 0) is 109 Å². The van der Waals surface area contributed by atoms with Gasteiger partial charge in [0.05, 0.1) is 9.75 Å². The van der Waals surface area contributed by atoms with E-state index in [1.807, 2.05) is 46.1 Å².